The maximum atomic E-state index is 4.05. The van der Waals surface area contributed by atoms with Gasteiger partial charge in [-0.2, -0.15) is 5.10 Å². The van der Waals surface area contributed by atoms with Crippen molar-refractivity contribution in [2.45, 2.75) is 39.5 Å². The molecule has 0 saturated carbocycles. The fraction of sp³-hybridized carbons (Fsp3) is 0.438. The fourth-order valence-corrected chi connectivity index (χ4v) is 1.58. The first-order valence-electron chi connectivity index (χ1n) is 6.54. The number of aryl methyl sites for hydroxylation is 1. The summed E-state index contributed by atoms with van der Waals surface area (Å²) in [6.45, 7) is 8.73. The smallest absolute Gasteiger partial charge is 0.0524 e. The van der Waals surface area contributed by atoms with Gasteiger partial charge in [-0.15, -0.1) is 0 Å². The SMILES string of the molecule is CC(C)c1ccccc1.CC(C)c1cnn(C)c1. The molecule has 1 aromatic carbocycles. The molecule has 18 heavy (non-hydrogen) atoms. The van der Waals surface area contributed by atoms with Crippen LogP contribution < -0.4 is 0 Å². The molecule has 0 spiro atoms. The summed E-state index contributed by atoms with van der Waals surface area (Å²) in [6.07, 6.45) is 3.95. The van der Waals surface area contributed by atoms with E-state index in [1.807, 2.05) is 30.2 Å². The molecular formula is C16H24N2. The van der Waals surface area contributed by atoms with E-state index in [4.69, 9.17) is 0 Å². The van der Waals surface area contributed by atoms with Crippen LogP contribution in [0, 0.1) is 0 Å². The second-order valence-corrected chi connectivity index (χ2v) is 5.17. The highest BCUT2D eigenvalue weighted by atomic mass is 15.2. The quantitative estimate of drug-likeness (QED) is 0.767. The molecule has 2 heteroatoms. The molecule has 1 heterocycles. The molecule has 0 unspecified atom stereocenters. The zero-order valence-corrected chi connectivity index (χ0v) is 12.1. The molecule has 2 rings (SSSR count). The standard InChI is InChI=1S/C9H12.C7H12N2/c1-8(2)9-6-4-3-5-7-9;1-6(2)7-4-8-9(3)5-7/h3-8H,1-2H3;4-6H,1-3H3. The molecule has 0 aliphatic rings. The second-order valence-electron chi connectivity index (χ2n) is 5.17. The van der Waals surface area contributed by atoms with Crippen LogP contribution in [0.15, 0.2) is 42.7 Å². The highest BCUT2D eigenvalue weighted by Gasteiger charge is 1.98. The first kappa shape index (κ1) is 14.5. The van der Waals surface area contributed by atoms with Gasteiger partial charge in [0.05, 0.1) is 6.20 Å². The summed E-state index contributed by atoms with van der Waals surface area (Å²) >= 11 is 0. The van der Waals surface area contributed by atoms with Gasteiger partial charge in [0.15, 0.2) is 0 Å². The molecule has 0 aliphatic carbocycles. The van der Waals surface area contributed by atoms with Gasteiger partial charge in [-0.05, 0) is 23.0 Å². The third kappa shape index (κ3) is 4.74. The maximum Gasteiger partial charge on any atom is 0.0524 e. The number of hydrogen-bond acceptors (Lipinski definition) is 1. The van der Waals surface area contributed by atoms with Gasteiger partial charge in [-0.25, -0.2) is 0 Å². The Morgan fingerprint density at radius 3 is 1.72 bits per heavy atom. The Bertz CT molecular complexity index is 441. The highest BCUT2D eigenvalue weighted by molar-refractivity contribution is 5.17. The Morgan fingerprint density at radius 1 is 0.889 bits per heavy atom. The van der Waals surface area contributed by atoms with E-state index in [0.717, 1.165) is 0 Å². The normalized spacial score (nSPS) is 10.4. The lowest BCUT2D eigenvalue weighted by Crippen LogP contribution is -1.85. The zero-order valence-electron chi connectivity index (χ0n) is 12.1. The zero-order chi connectivity index (χ0) is 13.5. The Balaban J connectivity index is 0.000000180. The van der Waals surface area contributed by atoms with E-state index in [1.165, 1.54) is 11.1 Å². The van der Waals surface area contributed by atoms with E-state index in [-0.39, 0.29) is 0 Å². The van der Waals surface area contributed by atoms with Gasteiger partial charge >= 0.3 is 0 Å². The van der Waals surface area contributed by atoms with Crippen molar-refractivity contribution in [2.75, 3.05) is 0 Å². The van der Waals surface area contributed by atoms with Crippen LogP contribution in [-0.2, 0) is 7.05 Å². The minimum atomic E-state index is 0.596. The minimum Gasteiger partial charge on any atom is -0.276 e. The van der Waals surface area contributed by atoms with Crippen molar-refractivity contribution in [1.82, 2.24) is 9.78 Å². The lowest BCUT2D eigenvalue weighted by Gasteiger charge is -2.01. The van der Waals surface area contributed by atoms with Crippen LogP contribution in [0.25, 0.3) is 0 Å². The lowest BCUT2D eigenvalue weighted by molar-refractivity contribution is 0.764. The average molecular weight is 244 g/mol. The van der Waals surface area contributed by atoms with Crippen molar-refractivity contribution in [3.8, 4) is 0 Å². The van der Waals surface area contributed by atoms with E-state index in [1.54, 1.807) is 0 Å². The number of aromatic nitrogens is 2. The lowest BCUT2D eigenvalue weighted by atomic mass is 10.0. The molecule has 1 aromatic heterocycles. The van der Waals surface area contributed by atoms with Gasteiger partial charge in [-0.3, -0.25) is 4.68 Å². The second kappa shape index (κ2) is 7.00. The van der Waals surface area contributed by atoms with Crippen molar-refractivity contribution in [1.29, 1.82) is 0 Å². The van der Waals surface area contributed by atoms with Crippen molar-refractivity contribution < 1.29 is 0 Å². The molecule has 2 nitrogen and oxygen atoms in total. The summed E-state index contributed by atoms with van der Waals surface area (Å²) in [7, 11) is 1.94. The fourth-order valence-electron chi connectivity index (χ4n) is 1.58. The topological polar surface area (TPSA) is 17.8 Å². The summed E-state index contributed by atoms with van der Waals surface area (Å²) in [5, 5.41) is 4.05. The number of rotatable bonds is 2. The van der Waals surface area contributed by atoms with E-state index < -0.39 is 0 Å². The molecule has 0 amide bonds. The molecule has 0 N–H and O–H groups in total. The molecule has 0 bridgehead atoms. The number of benzene rings is 1. The van der Waals surface area contributed by atoms with Gasteiger partial charge in [0.25, 0.3) is 0 Å². The van der Waals surface area contributed by atoms with Crippen LogP contribution in [0.4, 0.5) is 0 Å². The van der Waals surface area contributed by atoms with Gasteiger partial charge in [-0.1, -0.05) is 58.0 Å². The van der Waals surface area contributed by atoms with Crippen molar-refractivity contribution in [3.63, 3.8) is 0 Å². The Labute approximate surface area is 111 Å². The first-order valence-corrected chi connectivity index (χ1v) is 6.54. The summed E-state index contributed by atoms with van der Waals surface area (Å²) in [5.74, 6) is 1.25. The molecule has 0 radical (unpaired) electrons. The molecular weight excluding hydrogens is 220 g/mol. The third-order valence-electron chi connectivity index (χ3n) is 2.86. The number of hydrogen-bond donors (Lipinski definition) is 0. The molecule has 0 saturated heterocycles. The average Bonchev–Trinajstić information content (AvgIpc) is 2.78. The predicted molar refractivity (Wildman–Crippen MR) is 77.8 cm³/mol. The van der Waals surface area contributed by atoms with Gasteiger partial charge in [0, 0.05) is 13.2 Å². The molecule has 2 aromatic rings. The Morgan fingerprint density at radius 2 is 1.44 bits per heavy atom. The van der Waals surface area contributed by atoms with Crippen LogP contribution >= 0.6 is 0 Å². The van der Waals surface area contributed by atoms with E-state index >= 15 is 0 Å². The summed E-state index contributed by atoms with van der Waals surface area (Å²) < 4.78 is 1.83. The predicted octanol–water partition coefficient (Wildman–Crippen LogP) is 4.35. The van der Waals surface area contributed by atoms with Crippen LogP contribution in [0.5, 0.6) is 0 Å². The monoisotopic (exact) mass is 244 g/mol. The van der Waals surface area contributed by atoms with E-state index in [9.17, 15) is 0 Å². The Hall–Kier alpha value is -1.57. The summed E-state index contributed by atoms with van der Waals surface area (Å²) in [6, 6.07) is 10.5. The van der Waals surface area contributed by atoms with Gasteiger partial charge in [0.2, 0.25) is 0 Å². The molecule has 98 valence electrons. The van der Waals surface area contributed by atoms with E-state index in [0.29, 0.717) is 11.8 Å². The molecule has 0 aliphatic heterocycles. The Kier molecular flexibility index (Phi) is 5.63. The van der Waals surface area contributed by atoms with Crippen molar-refractivity contribution >= 4 is 0 Å². The van der Waals surface area contributed by atoms with Crippen molar-refractivity contribution in [2.24, 2.45) is 7.05 Å². The number of nitrogens with zero attached hydrogens (tertiary/aromatic N) is 2. The van der Waals surface area contributed by atoms with E-state index in [2.05, 4.69) is 57.1 Å². The largest absolute Gasteiger partial charge is 0.276 e. The van der Waals surface area contributed by atoms with Crippen LogP contribution in [0.1, 0.15) is 50.7 Å². The van der Waals surface area contributed by atoms with Crippen molar-refractivity contribution in [3.05, 3.63) is 53.9 Å². The van der Waals surface area contributed by atoms with Crippen LogP contribution in [0.3, 0.4) is 0 Å². The van der Waals surface area contributed by atoms with Gasteiger partial charge in [0.1, 0.15) is 0 Å². The highest BCUT2D eigenvalue weighted by Crippen LogP contribution is 2.12. The summed E-state index contributed by atoms with van der Waals surface area (Å²) in [4.78, 5) is 0. The van der Waals surface area contributed by atoms with Crippen LogP contribution in [0.2, 0.25) is 0 Å². The minimum absolute atomic E-state index is 0.596. The molecule has 0 fully saturated rings. The first-order chi connectivity index (χ1) is 8.50. The van der Waals surface area contributed by atoms with Crippen LogP contribution in [-0.4, -0.2) is 9.78 Å². The van der Waals surface area contributed by atoms with Gasteiger partial charge < -0.3 is 0 Å². The maximum absolute atomic E-state index is 4.05. The third-order valence-corrected chi connectivity index (χ3v) is 2.86. The summed E-state index contributed by atoms with van der Waals surface area (Å²) in [5.41, 5.74) is 2.72. The molecule has 0 atom stereocenters.